The first-order chi connectivity index (χ1) is 7.75. The minimum atomic E-state index is 0.0236. The van der Waals surface area contributed by atoms with Crippen molar-refractivity contribution in [2.24, 2.45) is 5.73 Å². The van der Waals surface area contributed by atoms with Crippen molar-refractivity contribution < 1.29 is 0 Å². The van der Waals surface area contributed by atoms with Crippen LogP contribution < -0.4 is 5.73 Å². The van der Waals surface area contributed by atoms with Crippen molar-refractivity contribution in [3.8, 4) is 0 Å². The number of aromatic nitrogens is 1. The highest BCUT2D eigenvalue weighted by Crippen LogP contribution is 2.14. The Labute approximate surface area is 96.1 Å². The highest BCUT2D eigenvalue weighted by atomic mass is 14.7. The Morgan fingerprint density at radius 1 is 1.19 bits per heavy atom. The normalized spacial score (nSPS) is 12.4. The molecule has 2 rings (SSSR count). The van der Waals surface area contributed by atoms with E-state index in [0.717, 1.165) is 17.7 Å². The largest absolute Gasteiger partial charge is 0.324 e. The van der Waals surface area contributed by atoms with E-state index in [0.29, 0.717) is 0 Å². The highest BCUT2D eigenvalue weighted by molar-refractivity contribution is 5.22. The Bertz CT molecular complexity index is 451. The minimum absolute atomic E-state index is 0.0236. The summed E-state index contributed by atoms with van der Waals surface area (Å²) in [5.41, 5.74) is 9.57. The number of rotatable bonds is 3. The molecule has 0 bridgehead atoms. The van der Waals surface area contributed by atoms with Gasteiger partial charge in [0.2, 0.25) is 0 Å². The van der Waals surface area contributed by atoms with Gasteiger partial charge in [0.15, 0.2) is 0 Å². The summed E-state index contributed by atoms with van der Waals surface area (Å²) in [6.45, 7) is 2.07. The fraction of sp³-hybridized carbons (Fsp3) is 0.214. The van der Waals surface area contributed by atoms with E-state index in [2.05, 4.69) is 30.1 Å². The molecule has 0 fully saturated rings. The second kappa shape index (κ2) is 4.90. The van der Waals surface area contributed by atoms with Gasteiger partial charge in [-0.2, -0.15) is 0 Å². The third-order valence-corrected chi connectivity index (χ3v) is 2.63. The summed E-state index contributed by atoms with van der Waals surface area (Å²) in [7, 11) is 0. The fourth-order valence-electron chi connectivity index (χ4n) is 1.75. The Hall–Kier alpha value is -1.67. The third kappa shape index (κ3) is 2.67. The molecule has 2 N–H and O–H groups in total. The molecule has 0 aliphatic heterocycles. The summed E-state index contributed by atoms with van der Waals surface area (Å²) in [5.74, 6) is 0. The van der Waals surface area contributed by atoms with Crippen molar-refractivity contribution in [1.29, 1.82) is 0 Å². The van der Waals surface area contributed by atoms with E-state index in [1.54, 1.807) is 0 Å². The van der Waals surface area contributed by atoms with Crippen LogP contribution in [0.1, 0.15) is 22.9 Å². The Kier molecular flexibility index (Phi) is 3.32. The van der Waals surface area contributed by atoms with Gasteiger partial charge in [-0.1, -0.05) is 30.3 Å². The molecule has 0 saturated carbocycles. The van der Waals surface area contributed by atoms with Crippen molar-refractivity contribution in [3.63, 3.8) is 0 Å². The van der Waals surface area contributed by atoms with Crippen LogP contribution in [-0.4, -0.2) is 4.98 Å². The molecule has 16 heavy (non-hydrogen) atoms. The van der Waals surface area contributed by atoms with E-state index in [4.69, 9.17) is 5.73 Å². The smallest absolute Gasteiger partial charge is 0.0425 e. The lowest BCUT2D eigenvalue weighted by Crippen LogP contribution is -2.13. The van der Waals surface area contributed by atoms with Crippen LogP contribution in [0.4, 0.5) is 0 Å². The zero-order chi connectivity index (χ0) is 11.4. The van der Waals surface area contributed by atoms with Crippen LogP contribution in [0.2, 0.25) is 0 Å². The zero-order valence-corrected chi connectivity index (χ0v) is 9.43. The van der Waals surface area contributed by atoms with E-state index >= 15 is 0 Å². The van der Waals surface area contributed by atoms with Crippen LogP contribution in [0.5, 0.6) is 0 Å². The maximum Gasteiger partial charge on any atom is 0.0425 e. The molecule has 2 aromatic rings. The van der Waals surface area contributed by atoms with Crippen LogP contribution >= 0.6 is 0 Å². The average Bonchev–Trinajstić information content (AvgIpc) is 2.30. The van der Waals surface area contributed by atoms with Crippen LogP contribution in [-0.2, 0) is 6.42 Å². The summed E-state index contributed by atoms with van der Waals surface area (Å²) >= 11 is 0. The standard InChI is InChI=1S/C14H16N2/c1-11-7-8-16-13(9-11)10-14(15)12-5-3-2-4-6-12/h2-9,14H,10,15H2,1H3. The summed E-state index contributed by atoms with van der Waals surface area (Å²) in [6.07, 6.45) is 2.62. The molecule has 0 amide bonds. The summed E-state index contributed by atoms with van der Waals surface area (Å²) < 4.78 is 0. The van der Waals surface area contributed by atoms with E-state index in [9.17, 15) is 0 Å². The molecule has 0 aliphatic carbocycles. The van der Waals surface area contributed by atoms with Crippen molar-refractivity contribution >= 4 is 0 Å². The summed E-state index contributed by atoms with van der Waals surface area (Å²) in [4.78, 5) is 4.33. The molecule has 0 saturated heterocycles. The van der Waals surface area contributed by atoms with Crippen molar-refractivity contribution in [3.05, 3.63) is 65.5 Å². The van der Waals surface area contributed by atoms with Gasteiger partial charge in [0, 0.05) is 24.4 Å². The maximum atomic E-state index is 6.14. The lowest BCUT2D eigenvalue weighted by molar-refractivity contribution is 0.706. The molecular formula is C14H16N2. The lowest BCUT2D eigenvalue weighted by atomic mass is 10.0. The Balaban J connectivity index is 2.11. The molecule has 1 heterocycles. The van der Waals surface area contributed by atoms with Crippen LogP contribution in [0.25, 0.3) is 0 Å². The molecule has 2 nitrogen and oxygen atoms in total. The molecule has 2 heteroatoms. The van der Waals surface area contributed by atoms with Gasteiger partial charge in [-0.05, 0) is 30.2 Å². The first-order valence-electron chi connectivity index (χ1n) is 5.48. The number of nitrogens with zero attached hydrogens (tertiary/aromatic N) is 1. The number of nitrogens with two attached hydrogens (primary N) is 1. The maximum absolute atomic E-state index is 6.14. The number of hydrogen-bond acceptors (Lipinski definition) is 2. The second-order valence-electron chi connectivity index (χ2n) is 4.05. The average molecular weight is 212 g/mol. The van der Waals surface area contributed by atoms with Gasteiger partial charge in [-0.3, -0.25) is 4.98 Å². The molecule has 0 aliphatic rings. The molecule has 1 aromatic carbocycles. The summed E-state index contributed by atoms with van der Waals surface area (Å²) in [5, 5.41) is 0. The van der Waals surface area contributed by atoms with Crippen LogP contribution in [0.15, 0.2) is 48.7 Å². The SMILES string of the molecule is Cc1ccnc(CC(N)c2ccccc2)c1. The number of pyridine rings is 1. The van der Waals surface area contributed by atoms with Gasteiger partial charge in [-0.15, -0.1) is 0 Å². The first kappa shape index (κ1) is 10.8. The van der Waals surface area contributed by atoms with Crippen molar-refractivity contribution in [1.82, 2.24) is 4.98 Å². The van der Waals surface area contributed by atoms with Gasteiger partial charge in [-0.25, -0.2) is 0 Å². The Morgan fingerprint density at radius 3 is 2.62 bits per heavy atom. The second-order valence-corrected chi connectivity index (χ2v) is 4.05. The quantitative estimate of drug-likeness (QED) is 0.849. The van der Waals surface area contributed by atoms with Crippen molar-refractivity contribution in [2.45, 2.75) is 19.4 Å². The molecule has 1 unspecified atom stereocenters. The molecule has 1 atom stereocenters. The van der Waals surface area contributed by atoms with Gasteiger partial charge in [0.25, 0.3) is 0 Å². The zero-order valence-electron chi connectivity index (χ0n) is 9.43. The number of hydrogen-bond donors (Lipinski definition) is 1. The Morgan fingerprint density at radius 2 is 1.94 bits per heavy atom. The molecule has 0 spiro atoms. The van der Waals surface area contributed by atoms with E-state index in [-0.39, 0.29) is 6.04 Å². The van der Waals surface area contributed by atoms with E-state index in [1.165, 1.54) is 5.56 Å². The van der Waals surface area contributed by atoms with Crippen LogP contribution in [0, 0.1) is 6.92 Å². The van der Waals surface area contributed by atoms with Gasteiger partial charge >= 0.3 is 0 Å². The van der Waals surface area contributed by atoms with Gasteiger partial charge in [0.05, 0.1) is 0 Å². The number of benzene rings is 1. The minimum Gasteiger partial charge on any atom is -0.324 e. The predicted molar refractivity (Wildman–Crippen MR) is 66.0 cm³/mol. The van der Waals surface area contributed by atoms with E-state index < -0.39 is 0 Å². The number of aryl methyl sites for hydroxylation is 1. The fourth-order valence-corrected chi connectivity index (χ4v) is 1.75. The third-order valence-electron chi connectivity index (χ3n) is 2.63. The lowest BCUT2D eigenvalue weighted by Gasteiger charge is -2.11. The molecule has 82 valence electrons. The predicted octanol–water partition coefficient (Wildman–Crippen LogP) is 2.63. The monoisotopic (exact) mass is 212 g/mol. The first-order valence-corrected chi connectivity index (χ1v) is 5.48. The van der Waals surface area contributed by atoms with Crippen LogP contribution in [0.3, 0.4) is 0 Å². The van der Waals surface area contributed by atoms with Gasteiger partial charge < -0.3 is 5.73 Å². The molecular weight excluding hydrogens is 196 g/mol. The van der Waals surface area contributed by atoms with E-state index in [1.807, 2.05) is 30.5 Å². The molecule has 0 radical (unpaired) electrons. The highest BCUT2D eigenvalue weighted by Gasteiger charge is 2.07. The van der Waals surface area contributed by atoms with Crippen molar-refractivity contribution in [2.75, 3.05) is 0 Å². The van der Waals surface area contributed by atoms with Gasteiger partial charge in [0.1, 0.15) is 0 Å². The molecule has 1 aromatic heterocycles. The summed E-state index contributed by atoms with van der Waals surface area (Å²) in [6, 6.07) is 14.2. The topological polar surface area (TPSA) is 38.9 Å².